The number of aliphatic hydroxyl groups is 1. The number of aliphatic hydroxyl groups excluding tert-OH is 1. The molecular weight excluding hydrogens is 257 g/mol. The van der Waals surface area contributed by atoms with Crippen LogP contribution in [0.25, 0.3) is 0 Å². The third-order valence-corrected chi connectivity index (χ3v) is 5.04. The fourth-order valence-corrected chi connectivity index (χ4v) is 3.66. The molecule has 1 aliphatic rings. The molecule has 0 radical (unpaired) electrons. The van der Waals surface area contributed by atoms with Crippen molar-refractivity contribution < 1.29 is 17.9 Å². The van der Waals surface area contributed by atoms with Gasteiger partial charge in [-0.2, -0.15) is 4.31 Å². The van der Waals surface area contributed by atoms with Crippen molar-refractivity contribution in [2.24, 2.45) is 0 Å². The zero-order valence-electron chi connectivity index (χ0n) is 9.97. The summed E-state index contributed by atoms with van der Waals surface area (Å²) in [6.45, 7) is 0.591. The van der Waals surface area contributed by atoms with Gasteiger partial charge >= 0.3 is 0 Å². The van der Waals surface area contributed by atoms with Crippen LogP contribution in [0.5, 0.6) is 0 Å². The largest absolute Gasteiger partial charge is 0.392 e. The van der Waals surface area contributed by atoms with E-state index in [4.69, 9.17) is 5.11 Å². The first-order chi connectivity index (χ1) is 8.55. The second kappa shape index (κ2) is 5.34. The van der Waals surface area contributed by atoms with E-state index in [0.717, 1.165) is 25.3 Å². The van der Waals surface area contributed by atoms with Gasteiger partial charge in [0, 0.05) is 13.1 Å². The minimum atomic E-state index is -3.74. The fourth-order valence-electron chi connectivity index (χ4n) is 2.10. The molecule has 1 fully saturated rings. The van der Waals surface area contributed by atoms with Crippen LogP contribution in [0.15, 0.2) is 23.1 Å². The quantitative estimate of drug-likeness (QED) is 0.908. The molecule has 1 heterocycles. The number of nitrogens with zero attached hydrogens (tertiary/aromatic N) is 1. The normalized spacial score (nSPS) is 17.9. The molecule has 18 heavy (non-hydrogen) atoms. The van der Waals surface area contributed by atoms with E-state index in [-0.39, 0.29) is 11.5 Å². The number of halogens is 1. The van der Waals surface area contributed by atoms with E-state index < -0.39 is 15.8 Å². The summed E-state index contributed by atoms with van der Waals surface area (Å²) in [6, 6.07) is 3.72. The van der Waals surface area contributed by atoms with Crippen molar-refractivity contribution in [2.45, 2.75) is 30.8 Å². The molecule has 1 aromatic rings. The SMILES string of the molecule is O=S(=O)(c1ccc(CO)cc1F)N1CCCCC1. The third-order valence-electron chi connectivity index (χ3n) is 3.11. The predicted molar refractivity (Wildman–Crippen MR) is 64.9 cm³/mol. The molecule has 4 nitrogen and oxygen atoms in total. The highest BCUT2D eigenvalue weighted by atomic mass is 32.2. The molecule has 0 unspecified atom stereocenters. The van der Waals surface area contributed by atoms with Crippen molar-refractivity contribution in [1.29, 1.82) is 0 Å². The van der Waals surface area contributed by atoms with Crippen LogP contribution < -0.4 is 0 Å². The Balaban J connectivity index is 2.34. The molecule has 0 aromatic heterocycles. The van der Waals surface area contributed by atoms with Gasteiger partial charge in [-0.05, 0) is 30.5 Å². The van der Waals surface area contributed by atoms with Gasteiger partial charge in [-0.1, -0.05) is 12.5 Å². The first-order valence-electron chi connectivity index (χ1n) is 5.95. The Morgan fingerprint density at radius 3 is 2.44 bits per heavy atom. The maximum absolute atomic E-state index is 13.8. The Morgan fingerprint density at radius 1 is 1.22 bits per heavy atom. The number of hydrogen-bond acceptors (Lipinski definition) is 3. The van der Waals surface area contributed by atoms with Crippen molar-refractivity contribution in [1.82, 2.24) is 4.31 Å². The minimum Gasteiger partial charge on any atom is -0.392 e. The molecule has 1 aromatic carbocycles. The van der Waals surface area contributed by atoms with Gasteiger partial charge in [-0.25, -0.2) is 12.8 Å². The van der Waals surface area contributed by atoms with E-state index in [1.807, 2.05) is 0 Å². The van der Waals surface area contributed by atoms with Gasteiger partial charge in [0.05, 0.1) is 6.61 Å². The lowest BCUT2D eigenvalue weighted by Gasteiger charge is -2.26. The van der Waals surface area contributed by atoms with E-state index in [9.17, 15) is 12.8 Å². The third kappa shape index (κ3) is 2.55. The number of benzene rings is 1. The molecule has 2 rings (SSSR count). The van der Waals surface area contributed by atoms with Crippen LogP contribution in [0.3, 0.4) is 0 Å². The molecule has 0 saturated carbocycles. The summed E-state index contributed by atoms with van der Waals surface area (Å²) >= 11 is 0. The molecule has 0 aliphatic carbocycles. The molecule has 1 N–H and O–H groups in total. The Hall–Kier alpha value is -0.980. The number of rotatable bonds is 3. The van der Waals surface area contributed by atoms with Gasteiger partial charge in [0.1, 0.15) is 10.7 Å². The van der Waals surface area contributed by atoms with E-state index >= 15 is 0 Å². The number of sulfonamides is 1. The smallest absolute Gasteiger partial charge is 0.245 e. The molecule has 0 spiro atoms. The van der Waals surface area contributed by atoms with Crippen LogP contribution in [0.2, 0.25) is 0 Å². The second-order valence-electron chi connectivity index (χ2n) is 4.39. The van der Waals surface area contributed by atoms with Crippen LogP contribution in [0.1, 0.15) is 24.8 Å². The second-order valence-corrected chi connectivity index (χ2v) is 6.29. The van der Waals surface area contributed by atoms with Gasteiger partial charge in [-0.15, -0.1) is 0 Å². The van der Waals surface area contributed by atoms with Crippen LogP contribution in [-0.2, 0) is 16.6 Å². The maximum atomic E-state index is 13.8. The monoisotopic (exact) mass is 273 g/mol. The number of hydrogen-bond donors (Lipinski definition) is 1. The predicted octanol–water partition coefficient (Wildman–Crippen LogP) is 1.49. The van der Waals surface area contributed by atoms with Gasteiger partial charge in [0.15, 0.2) is 0 Å². The zero-order valence-corrected chi connectivity index (χ0v) is 10.8. The first-order valence-corrected chi connectivity index (χ1v) is 7.39. The topological polar surface area (TPSA) is 57.6 Å². The van der Waals surface area contributed by atoms with Crippen molar-refractivity contribution in [3.05, 3.63) is 29.6 Å². The molecule has 6 heteroatoms. The van der Waals surface area contributed by atoms with Gasteiger partial charge in [0.2, 0.25) is 10.0 Å². The molecule has 1 saturated heterocycles. The lowest BCUT2D eigenvalue weighted by molar-refractivity contribution is 0.281. The van der Waals surface area contributed by atoms with Crippen LogP contribution >= 0.6 is 0 Å². The average molecular weight is 273 g/mol. The van der Waals surface area contributed by atoms with Gasteiger partial charge in [-0.3, -0.25) is 0 Å². The highest BCUT2D eigenvalue weighted by Gasteiger charge is 2.28. The Labute approximate surface area is 106 Å². The first kappa shape index (κ1) is 13.5. The molecule has 100 valence electrons. The summed E-state index contributed by atoms with van der Waals surface area (Å²) in [7, 11) is -3.74. The Kier molecular flexibility index (Phi) is 3.99. The van der Waals surface area contributed by atoms with E-state index in [1.165, 1.54) is 16.4 Å². The Bertz CT molecular complexity index is 524. The fraction of sp³-hybridized carbons (Fsp3) is 0.500. The maximum Gasteiger partial charge on any atom is 0.245 e. The minimum absolute atomic E-state index is 0.304. The molecule has 0 atom stereocenters. The molecular formula is C12H16FNO3S. The summed E-state index contributed by atoms with van der Waals surface area (Å²) < 4.78 is 39.6. The lowest BCUT2D eigenvalue weighted by atomic mass is 10.2. The Morgan fingerprint density at radius 2 is 1.89 bits per heavy atom. The summed E-state index contributed by atoms with van der Waals surface area (Å²) in [5.41, 5.74) is 0.366. The average Bonchev–Trinajstić information content (AvgIpc) is 2.39. The zero-order chi connectivity index (χ0) is 13.2. The van der Waals surface area contributed by atoms with Crippen LogP contribution in [0.4, 0.5) is 4.39 Å². The van der Waals surface area contributed by atoms with Crippen molar-refractivity contribution in [3.63, 3.8) is 0 Å². The van der Waals surface area contributed by atoms with Gasteiger partial charge < -0.3 is 5.11 Å². The number of piperidine rings is 1. The highest BCUT2D eigenvalue weighted by Crippen LogP contribution is 2.23. The highest BCUT2D eigenvalue weighted by molar-refractivity contribution is 7.89. The van der Waals surface area contributed by atoms with Crippen molar-refractivity contribution in [3.8, 4) is 0 Å². The van der Waals surface area contributed by atoms with Crippen LogP contribution in [-0.4, -0.2) is 30.9 Å². The molecule has 1 aliphatic heterocycles. The summed E-state index contributed by atoms with van der Waals surface area (Å²) in [6.07, 6.45) is 2.64. The van der Waals surface area contributed by atoms with E-state index in [1.54, 1.807) is 0 Å². The molecule has 0 bridgehead atoms. The molecule has 0 amide bonds. The van der Waals surface area contributed by atoms with E-state index in [2.05, 4.69) is 0 Å². The van der Waals surface area contributed by atoms with E-state index in [0.29, 0.717) is 18.7 Å². The summed E-state index contributed by atoms with van der Waals surface area (Å²) in [4.78, 5) is -0.304. The summed E-state index contributed by atoms with van der Waals surface area (Å²) in [5.74, 6) is -0.799. The van der Waals surface area contributed by atoms with Gasteiger partial charge in [0.25, 0.3) is 0 Å². The summed E-state index contributed by atoms with van der Waals surface area (Å²) in [5, 5.41) is 8.88. The van der Waals surface area contributed by atoms with Crippen LogP contribution in [0, 0.1) is 5.82 Å². The lowest BCUT2D eigenvalue weighted by Crippen LogP contribution is -2.36. The standard InChI is InChI=1S/C12H16FNO3S/c13-11-8-10(9-15)4-5-12(11)18(16,17)14-6-2-1-3-7-14/h4-5,8,15H,1-3,6-7,9H2. The van der Waals surface area contributed by atoms with Crippen molar-refractivity contribution in [2.75, 3.05) is 13.1 Å². The van der Waals surface area contributed by atoms with Crippen molar-refractivity contribution >= 4 is 10.0 Å².